The molecule has 0 aromatic rings. The number of nitrogens with one attached hydrogen (secondary N) is 1. The molecule has 96 valence electrons. The van der Waals surface area contributed by atoms with Crippen molar-refractivity contribution in [2.45, 2.75) is 44.1 Å². The predicted molar refractivity (Wildman–Crippen MR) is 67.0 cm³/mol. The van der Waals surface area contributed by atoms with Crippen molar-refractivity contribution in [3.05, 3.63) is 0 Å². The van der Waals surface area contributed by atoms with Gasteiger partial charge in [-0.25, -0.2) is 13.1 Å². The third-order valence-electron chi connectivity index (χ3n) is 3.65. The quantitative estimate of drug-likeness (QED) is 0.760. The summed E-state index contributed by atoms with van der Waals surface area (Å²) in [5.41, 5.74) is 0.0135. The number of nitrogens with zero attached hydrogens (tertiary/aromatic N) is 1. The van der Waals surface area contributed by atoms with Crippen molar-refractivity contribution in [1.29, 1.82) is 0 Å². The Hall–Kier alpha value is -0.130. The van der Waals surface area contributed by atoms with Crippen LogP contribution in [0.3, 0.4) is 0 Å². The van der Waals surface area contributed by atoms with Crippen molar-refractivity contribution in [3.63, 3.8) is 0 Å². The van der Waals surface area contributed by atoms with Crippen molar-refractivity contribution in [3.8, 4) is 0 Å². The molecule has 0 spiro atoms. The van der Waals surface area contributed by atoms with Gasteiger partial charge in [-0.05, 0) is 26.9 Å². The highest BCUT2D eigenvalue weighted by Crippen LogP contribution is 2.30. The molecule has 0 amide bonds. The Kier molecular flexibility index (Phi) is 4.76. The molecule has 1 aliphatic carbocycles. The lowest BCUT2D eigenvalue weighted by atomic mass is 9.89. The summed E-state index contributed by atoms with van der Waals surface area (Å²) in [6.07, 6.45) is 8.34. The van der Waals surface area contributed by atoms with Gasteiger partial charge in [0.2, 0.25) is 10.0 Å². The molecular formula is C11H24N2O2S. The second-order valence-electron chi connectivity index (χ2n) is 5.13. The van der Waals surface area contributed by atoms with Crippen LogP contribution >= 0.6 is 0 Å². The van der Waals surface area contributed by atoms with Gasteiger partial charge < -0.3 is 4.90 Å². The molecule has 5 heteroatoms. The molecule has 1 fully saturated rings. The fourth-order valence-electron chi connectivity index (χ4n) is 2.43. The standard InChI is InChI=1S/C11H24N2O2S/c1-13(2)11(10-12-16(3,14)15)8-6-4-5-7-9-11/h12H,4-10H2,1-3H3. The van der Waals surface area contributed by atoms with Gasteiger partial charge in [-0.2, -0.15) is 0 Å². The molecule has 1 aliphatic rings. The van der Waals surface area contributed by atoms with Crippen molar-refractivity contribution in [1.82, 2.24) is 9.62 Å². The van der Waals surface area contributed by atoms with E-state index in [1.165, 1.54) is 31.9 Å². The van der Waals surface area contributed by atoms with Gasteiger partial charge in [0.1, 0.15) is 0 Å². The molecule has 16 heavy (non-hydrogen) atoms. The van der Waals surface area contributed by atoms with E-state index in [9.17, 15) is 8.42 Å². The largest absolute Gasteiger partial charge is 0.302 e. The number of likely N-dealkylation sites (N-methyl/N-ethyl adjacent to an activating group) is 1. The van der Waals surface area contributed by atoms with Crippen LogP contribution in [0.2, 0.25) is 0 Å². The average Bonchev–Trinajstić information content (AvgIpc) is 2.39. The Labute approximate surface area is 99.5 Å². The van der Waals surface area contributed by atoms with E-state index in [1.54, 1.807) is 0 Å². The van der Waals surface area contributed by atoms with E-state index < -0.39 is 10.0 Å². The summed E-state index contributed by atoms with van der Waals surface area (Å²) < 4.78 is 25.1. The van der Waals surface area contributed by atoms with Crippen LogP contribution in [-0.2, 0) is 10.0 Å². The van der Waals surface area contributed by atoms with Crippen molar-refractivity contribution >= 4 is 10.0 Å². The van der Waals surface area contributed by atoms with Crippen LogP contribution < -0.4 is 4.72 Å². The van der Waals surface area contributed by atoms with E-state index in [1.807, 2.05) is 0 Å². The Morgan fingerprint density at radius 3 is 2.00 bits per heavy atom. The van der Waals surface area contributed by atoms with Crippen LogP contribution in [0.5, 0.6) is 0 Å². The van der Waals surface area contributed by atoms with Crippen molar-refractivity contribution in [2.75, 3.05) is 26.9 Å². The van der Waals surface area contributed by atoms with E-state index in [4.69, 9.17) is 0 Å². The first-order valence-corrected chi connectivity index (χ1v) is 7.87. The Morgan fingerprint density at radius 1 is 1.12 bits per heavy atom. The molecule has 0 aromatic carbocycles. The maximum Gasteiger partial charge on any atom is 0.208 e. The fourth-order valence-corrected chi connectivity index (χ4v) is 2.97. The summed E-state index contributed by atoms with van der Waals surface area (Å²) in [6.45, 7) is 0.541. The Balaban J connectivity index is 2.71. The molecule has 1 rings (SSSR count). The van der Waals surface area contributed by atoms with E-state index >= 15 is 0 Å². The molecule has 4 nitrogen and oxygen atoms in total. The van der Waals surface area contributed by atoms with Crippen LogP contribution in [0.15, 0.2) is 0 Å². The smallest absolute Gasteiger partial charge is 0.208 e. The highest BCUT2D eigenvalue weighted by atomic mass is 32.2. The zero-order chi connectivity index (χ0) is 12.2. The molecule has 1 N–H and O–H groups in total. The molecular weight excluding hydrogens is 224 g/mol. The summed E-state index contributed by atoms with van der Waals surface area (Å²) >= 11 is 0. The van der Waals surface area contributed by atoms with Gasteiger partial charge in [0.25, 0.3) is 0 Å². The summed E-state index contributed by atoms with van der Waals surface area (Å²) in [5, 5.41) is 0. The first kappa shape index (κ1) is 13.9. The second-order valence-corrected chi connectivity index (χ2v) is 6.96. The lowest BCUT2D eigenvalue weighted by Gasteiger charge is -2.39. The number of hydrogen-bond acceptors (Lipinski definition) is 3. The molecule has 0 atom stereocenters. The minimum absolute atomic E-state index is 0.0135. The molecule has 0 radical (unpaired) electrons. The van der Waals surface area contributed by atoms with E-state index in [0.29, 0.717) is 6.54 Å². The van der Waals surface area contributed by atoms with Gasteiger partial charge in [-0.1, -0.05) is 25.7 Å². The zero-order valence-corrected chi connectivity index (χ0v) is 11.4. The minimum atomic E-state index is -3.08. The monoisotopic (exact) mass is 248 g/mol. The van der Waals surface area contributed by atoms with Crippen LogP contribution in [0.1, 0.15) is 38.5 Å². The maximum atomic E-state index is 11.2. The minimum Gasteiger partial charge on any atom is -0.302 e. The van der Waals surface area contributed by atoms with Gasteiger partial charge in [-0.15, -0.1) is 0 Å². The van der Waals surface area contributed by atoms with E-state index in [2.05, 4.69) is 23.7 Å². The molecule has 0 aromatic heterocycles. The molecule has 0 saturated heterocycles. The fraction of sp³-hybridized carbons (Fsp3) is 1.00. The van der Waals surface area contributed by atoms with E-state index in [-0.39, 0.29) is 5.54 Å². The van der Waals surface area contributed by atoms with Crippen LogP contribution in [0.4, 0.5) is 0 Å². The molecule has 0 bridgehead atoms. The van der Waals surface area contributed by atoms with Crippen LogP contribution in [-0.4, -0.2) is 45.8 Å². The summed E-state index contributed by atoms with van der Waals surface area (Å²) in [5.74, 6) is 0. The Morgan fingerprint density at radius 2 is 1.62 bits per heavy atom. The lowest BCUT2D eigenvalue weighted by molar-refractivity contribution is 0.133. The molecule has 1 saturated carbocycles. The highest BCUT2D eigenvalue weighted by molar-refractivity contribution is 7.88. The van der Waals surface area contributed by atoms with Gasteiger partial charge in [0.15, 0.2) is 0 Å². The van der Waals surface area contributed by atoms with E-state index in [0.717, 1.165) is 12.8 Å². The van der Waals surface area contributed by atoms with Crippen LogP contribution in [0, 0.1) is 0 Å². The molecule has 0 heterocycles. The molecule has 0 unspecified atom stereocenters. The van der Waals surface area contributed by atoms with Gasteiger partial charge in [0, 0.05) is 12.1 Å². The van der Waals surface area contributed by atoms with Crippen LogP contribution in [0.25, 0.3) is 0 Å². The summed E-state index contributed by atoms with van der Waals surface area (Å²) in [7, 11) is 1.02. The number of rotatable bonds is 4. The highest BCUT2D eigenvalue weighted by Gasteiger charge is 2.33. The maximum absolute atomic E-state index is 11.2. The summed E-state index contributed by atoms with van der Waals surface area (Å²) in [6, 6.07) is 0. The number of hydrogen-bond donors (Lipinski definition) is 1. The second kappa shape index (κ2) is 5.47. The SMILES string of the molecule is CN(C)C1(CNS(C)(=O)=O)CCCCCC1. The lowest BCUT2D eigenvalue weighted by Crippen LogP contribution is -2.52. The first-order chi connectivity index (χ1) is 7.36. The average molecular weight is 248 g/mol. The van der Waals surface area contributed by atoms with Gasteiger partial charge in [0.05, 0.1) is 6.26 Å². The van der Waals surface area contributed by atoms with Gasteiger partial charge in [-0.3, -0.25) is 0 Å². The van der Waals surface area contributed by atoms with Crippen molar-refractivity contribution < 1.29 is 8.42 Å². The molecule has 0 aliphatic heterocycles. The normalized spacial score (nSPS) is 22.0. The van der Waals surface area contributed by atoms with Crippen molar-refractivity contribution in [2.24, 2.45) is 0 Å². The summed E-state index contributed by atoms with van der Waals surface area (Å²) in [4.78, 5) is 2.19. The zero-order valence-electron chi connectivity index (χ0n) is 10.6. The third-order valence-corrected chi connectivity index (χ3v) is 4.32. The third kappa shape index (κ3) is 4.03. The Bertz CT molecular complexity index is 304. The number of sulfonamides is 1. The topological polar surface area (TPSA) is 49.4 Å². The predicted octanol–water partition coefficient (Wildman–Crippen LogP) is 1.19. The first-order valence-electron chi connectivity index (χ1n) is 5.98. The van der Waals surface area contributed by atoms with Gasteiger partial charge >= 0.3 is 0 Å².